The fourth-order valence-corrected chi connectivity index (χ4v) is 1.74. The first-order valence-electron chi connectivity index (χ1n) is 5.41. The Kier molecular flexibility index (Phi) is 3.54. The van der Waals surface area contributed by atoms with E-state index in [2.05, 4.69) is 15.0 Å². The molecule has 0 atom stereocenters. The van der Waals surface area contributed by atoms with Gasteiger partial charge in [-0.2, -0.15) is 9.97 Å². The van der Waals surface area contributed by atoms with Crippen LogP contribution in [0.1, 0.15) is 24.1 Å². The van der Waals surface area contributed by atoms with Crippen molar-refractivity contribution in [3.63, 3.8) is 0 Å². The first kappa shape index (κ1) is 11.8. The van der Waals surface area contributed by atoms with Crippen molar-refractivity contribution in [3.05, 3.63) is 46.5 Å². The lowest BCUT2D eigenvalue weighted by Gasteiger charge is -2.05. The number of benzene rings is 1. The van der Waals surface area contributed by atoms with Crippen LogP contribution in [0, 0.1) is 0 Å². The summed E-state index contributed by atoms with van der Waals surface area (Å²) in [6.07, 6.45) is 1.31. The lowest BCUT2D eigenvalue weighted by molar-refractivity contribution is 0.846. The predicted molar refractivity (Wildman–Crippen MR) is 67.9 cm³/mol. The number of hydrogen-bond donors (Lipinski definition) is 1. The number of nitrogens with two attached hydrogens (primary N) is 1. The number of aromatic nitrogens is 3. The molecule has 0 bridgehead atoms. The third kappa shape index (κ3) is 2.91. The van der Waals surface area contributed by atoms with Crippen LogP contribution in [0.3, 0.4) is 0 Å². The molecule has 2 N–H and O–H groups in total. The zero-order chi connectivity index (χ0) is 12.3. The maximum atomic E-state index is 6.09. The third-order valence-electron chi connectivity index (χ3n) is 2.37. The van der Waals surface area contributed by atoms with Crippen LogP contribution in [0.2, 0.25) is 5.02 Å². The Bertz CT molecular complexity index is 528. The topological polar surface area (TPSA) is 64.7 Å². The number of rotatable bonds is 3. The molecule has 17 heavy (non-hydrogen) atoms. The molecule has 0 radical (unpaired) electrons. The average Bonchev–Trinajstić information content (AvgIpc) is 2.31. The Labute approximate surface area is 105 Å². The molecular formula is C12H13ClN4. The molecule has 1 aromatic carbocycles. The van der Waals surface area contributed by atoms with Gasteiger partial charge in [-0.05, 0) is 11.6 Å². The van der Waals surface area contributed by atoms with Gasteiger partial charge in [0.05, 0.1) is 0 Å². The number of aryl methyl sites for hydroxylation is 1. The van der Waals surface area contributed by atoms with Gasteiger partial charge in [-0.25, -0.2) is 4.98 Å². The van der Waals surface area contributed by atoms with E-state index in [1.165, 1.54) is 0 Å². The first-order chi connectivity index (χ1) is 8.19. The summed E-state index contributed by atoms with van der Waals surface area (Å²) >= 11 is 6.09. The largest absolute Gasteiger partial charge is 0.368 e. The van der Waals surface area contributed by atoms with Gasteiger partial charge in [0.25, 0.3) is 0 Å². The van der Waals surface area contributed by atoms with E-state index in [0.29, 0.717) is 23.1 Å². The molecule has 88 valence electrons. The molecule has 0 aliphatic rings. The average molecular weight is 249 g/mol. The molecule has 1 aromatic heterocycles. The van der Waals surface area contributed by atoms with Gasteiger partial charge in [0.15, 0.2) is 0 Å². The standard InChI is InChI=1S/C12H13ClN4/c1-2-10-15-11(17-12(14)16-10)7-8-5-3-4-6-9(8)13/h3-6H,2,7H2,1H3,(H2,14,15,16,17). The summed E-state index contributed by atoms with van der Waals surface area (Å²) in [6.45, 7) is 1.98. The van der Waals surface area contributed by atoms with E-state index in [0.717, 1.165) is 12.0 Å². The highest BCUT2D eigenvalue weighted by atomic mass is 35.5. The van der Waals surface area contributed by atoms with E-state index in [1.54, 1.807) is 0 Å². The fraction of sp³-hybridized carbons (Fsp3) is 0.250. The Morgan fingerprint density at radius 3 is 2.53 bits per heavy atom. The monoisotopic (exact) mass is 248 g/mol. The predicted octanol–water partition coefficient (Wildman–Crippen LogP) is 2.26. The van der Waals surface area contributed by atoms with Crippen molar-refractivity contribution in [1.82, 2.24) is 15.0 Å². The van der Waals surface area contributed by atoms with E-state index >= 15 is 0 Å². The van der Waals surface area contributed by atoms with Crippen molar-refractivity contribution in [2.75, 3.05) is 5.73 Å². The van der Waals surface area contributed by atoms with Crippen molar-refractivity contribution < 1.29 is 0 Å². The molecule has 0 aliphatic carbocycles. The summed E-state index contributed by atoms with van der Waals surface area (Å²) in [4.78, 5) is 12.5. The smallest absolute Gasteiger partial charge is 0.223 e. The van der Waals surface area contributed by atoms with Crippen LogP contribution in [-0.2, 0) is 12.8 Å². The molecular weight excluding hydrogens is 236 g/mol. The van der Waals surface area contributed by atoms with Gasteiger partial charge >= 0.3 is 0 Å². The molecule has 0 unspecified atom stereocenters. The van der Waals surface area contributed by atoms with Crippen LogP contribution in [0.25, 0.3) is 0 Å². The van der Waals surface area contributed by atoms with Gasteiger partial charge in [0.1, 0.15) is 11.6 Å². The fourth-order valence-electron chi connectivity index (χ4n) is 1.54. The second-order valence-corrected chi connectivity index (χ2v) is 4.06. The molecule has 0 saturated heterocycles. The summed E-state index contributed by atoms with van der Waals surface area (Å²) < 4.78 is 0. The van der Waals surface area contributed by atoms with Gasteiger partial charge in [0.2, 0.25) is 5.95 Å². The number of halogens is 1. The molecule has 0 amide bonds. The quantitative estimate of drug-likeness (QED) is 0.905. The van der Waals surface area contributed by atoms with E-state index < -0.39 is 0 Å². The van der Waals surface area contributed by atoms with Crippen molar-refractivity contribution in [1.29, 1.82) is 0 Å². The zero-order valence-corrected chi connectivity index (χ0v) is 10.3. The summed E-state index contributed by atoms with van der Waals surface area (Å²) in [7, 11) is 0. The normalized spacial score (nSPS) is 10.5. The molecule has 0 aliphatic heterocycles. The highest BCUT2D eigenvalue weighted by Gasteiger charge is 2.06. The van der Waals surface area contributed by atoms with E-state index in [9.17, 15) is 0 Å². The number of nitrogens with zero attached hydrogens (tertiary/aromatic N) is 3. The Balaban J connectivity index is 2.30. The van der Waals surface area contributed by atoms with Crippen LogP contribution < -0.4 is 5.73 Å². The van der Waals surface area contributed by atoms with E-state index in [4.69, 9.17) is 17.3 Å². The summed E-state index contributed by atoms with van der Waals surface area (Å²) in [6, 6.07) is 7.63. The summed E-state index contributed by atoms with van der Waals surface area (Å²) in [5.74, 6) is 1.63. The molecule has 4 nitrogen and oxygen atoms in total. The van der Waals surface area contributed by atoms with Gasteiger partial charge in [0, 0.05) is 17.9 Å². The highest BCUT2D eigenvalue weighted by molar-refractivity contribution is 6.31. The van der Waals surface area contributed by atoms with Crippen LogP contribution in [-0.4, -0.2) is 15.0 Å². The van der Waals surface area contributed by atoms with Crippen molar-refractivity contribution in [2.24, 2.45) is 0 Å². The molecule has 2 rings (SSSR count). The maximum Gasteiger partial charge on any atom is 0.223 e. The maximum absolute atomic E-state index is 6.09. The van der Waals surface area contributed by atoms with Gasteiger partial charge < -0.3 is 5.73 Å². The van der Waals surface area contributed by atoms with E-state index in [1.807, 2.05) is 31.2 Å². The Morgan fingerprint density at radius 2 is 1.82 bits per heavy atom. The number of hydrogen-bond acceptors (Lipinski definition) is 4. The molecule has 1 heterocycles. The highest BCUT2D eigenvalue weighted by Crippen LogP contribution is 2.17. The lowest BCUT2D eigenvalue weighted by Crippen LogP contribution is -2.07. The molecule has 5 heteroatoms. The van der Waals surface area contributed by atoms with Crippen molar-refractivity contribution in [3.8, 4) is 0 Å². The lowest BCUT2D eigenvalue weighted by atomic mass is 10.1. The molecule has 0 fully saturated rings. The molecule has 2 aromatic rings. The van der Waals surface area contributed by atoms with Crippen LogP contribution in [0.5, 0.6) is 0 Å². The second kappa shape index (κ2) is 5.10. The summed E-state index contributed by atoms with van der Waals surface area (Å²) in [5, 5.41) is 0.713. The van der Waals surface area contributed by atoms with Crippen molar-refractivity contribution in [2.45, 2.75) is 19.8 Å². The minimum atomic E-state index is 0.263. The van der Waals surface area contributed by atoms with Crippen LogP contribution >= 0.6 is 11.6 Å². The van der Waals surface area contributed by atoms with Gasteiger partial charge in [-0.3, -0.25) is 0 Å². The van der Waals surface area contributed by atoms with Gasteiger partial charge in [-0.1, -0.05) is 36.7 Å². The number of anilines is 1. The Morgan fingerprint density at radius 1 is 1.12 bits per heavy atom. The van der Waals surface area contributed by atoms with Crippen LogP contribution in [0.15, 0.2) is 24.3 Å². The second-order valence-electron chi connectivity index (χ2n) is 3.65. The summed E-state index contributed by atoms with van der Waals surface area (Å²) in [5.41, 5.74) is 6.62. The van der Waals surface area contributed by atoms with Crippen molar-refractivity contribution >= 4 is 17.5 Å². The first-order valence-corrected chi connectivity index (χ1v) is 5.79. The number of nitrogen functional groups attached to an aromatic ring is 1. The van der Waals surface area contributed by atoms with Gasteiger partial charge in [-0.15, -0.1) is 0 Å². The third-order valence-corrected chi connectivity index (χ3v) is 2.74. The molecule has 0 saturated carbocycles. The molecule has 0 spiro atoms. The SMILES string of the molecule is CCc1nc(N)nc(Cc2ccccc2Cl)n1. The van der Waals surface area contributed by atoms with E-state index in [-0.39, 0.29) is 5.95 Å². The minimum Gasteiger partial charge on any atom is -0.368 e. The van der Waals surface area contributed by atoms with Crippen LogP contribution in [0.4, 0.5) is 5.95 Å². The minimum absolute atomic E-state index is 0.263. The zero-order valence-electron chi connectivity index (χ0n) is 9.52. The Hall–Kier alpha value is -1.68.